The number of anilines is 1. The van der Waals surface area contributed by atoms with Gasteiger partial charge in [0, 0.05) is 16.3 Å². The topological polar surface area (TPSA) is 95.3 Å². The summed E-state index contributed by atoms with van der Waals surface area (Å²) in [7, 11) is 0. The quantitative estimate of drug-likeness (QED) is 0.505. The van der Waals surface area contributed by atoms with E-state index < -0.39 is 5.91 Å². The van der Waals surface area contributed by atoms with Gasteiger partial charge in [0.1, 0.15) is 13.2 Å². The van der Waals surface area contributed by atoms with Crippen LogP contribution in [-0.4, -0.2) is 33.9 Å². The molecule has 4 aromatic rings. The van der Waals surface area contributed by atoms with Crippen molar-refractivity contribution in [3.05, 3.63) is 63.9 Å². The van der Waals surface area contributed by atoms with Crippen LogP contribution in [0.3, 0.4) is 0 Å². The molecule has 0 radical (unpaired) electrons. The molecule has 1 aliphatic rings. The standard InChI is InChI=1S/C23H20N4O4S/c1-13(2)27-22(29)16-6-4-3-5-15(16)20(26-27)21(28)25-23-24-17(12-32-23)14-7-8-18-19(11-14)31-10-9-30-18/h3-8,11-13H,9-10H2,1-2H3,(H,24,25,28). The summed E-state index contributed by atoms with van der Waals surface area (Å²) in [5.74, 6) is 0.972. The van der Waals surface area contributed by atoms with E-state index >= 15 is 0 Å². The molecular formula is C23H20N4O4S. The van der Waals surface area contributed by atoms with Gasteiger partial charge in [-0.15, -0.1) is 11.3 Å². The molecule has 1 amide bonds. The first-order chi connectivity index (χ1) is 15.5. The van der Waals surface area contributed by atoms with Gasteiger partial charge in [0.05, 0.1) is 17.1 Å². The average Bonchev–Trinajstić information content (AvgIpc) is 3.27. The van der Waals surface area contributed by atoms with Gasteiger partial charge < -0.3 is 9.47 Å². The SMILES string of the molecule is CC(C)n1nc(C(=O)Nc2nc(-c3ccc4c(c3)OCCO4)cs2)c2ccccc2c1=O. The van der Waals surface area contributed by atoms with Crippen LogP contribution in [0.5, 0.6) is 11.5 Å². The van der Waals surface area contributed by atoms with Crippen molar-refractivity contribution in [2.75, 3.05) is 18.5 Å². The summed E-state index contributed by atoms with van der Waals surface area (Å²) in [4.78, 5) is 30.3. The Kier molecular flexibility index (Phi) is 5.10. The molecule has 3 heterocycles. The number of ether oxygens (including phenoxy) is 2. The van der Waals surface area contributed by atoms with Crippen molar-refractivity contribution in [1.29, 1.82) is 0 Å². The van der Waals surface area contributed by atoms with Gasteiger partial charge in [-0.2, -0.15) is 5.10 Å². The van der Waals surface area contributed by atoms with Crippen LogP contribution in [0.25, 0.3) is 22.0 Å². The van der Waals surface area contributed by atoms with E-state index in [0.29, 0.717) is 46.3 Å². The monoisotopic (exact) mass is 448 g/mol. The molecule has 0 saturated heterocycles. The van der Waals surface area contributed by atoms with Gasteiger partial charge in [0.25, 0.3) is 11.5 Å². The molecule has 1 aliphatic heterocycles. The predicted molar refractivity (Wildman–Crippen MR) is 123 cm³/mol. The van der Waals surface area contributed by atoms with Gasteiger partial charge in [0.2, 0.25) is 0 Å². The van der Waals surface area contributed by atoms with Gasteiger partial charge in [0.15, 0.2) is 22.3 Å². The predicted octanol–water partition coefficient (Wildman–Crippen LogP) is 4.12. The normalized spacial score (nSPS) is 12.8. The molecule has 0 spiro atoms. The van der Waals surface area contributed by atoms with E-state index in [-0.39, 0.29) is 17.3 Å². The third-order valence-corrected chi connectivity index (χ3v) is 5.85. The van der Waals surface area contributed by atoms with E-state index in [2.05, 4.69) is 15.4 Å². The third-order valence-electron chi connectivity index (χ3n) is 5.10. The van der Waals surface area contributed by atoms with Crippen molar-refractivity contribution in [2.24, 2.45) is 0 Å². The second kappa shape index (κ2) is 8.08. The van der Waals surface area contributed by atoms with Crippen molar-refractivity contribution >= 4 is 33.1 Å². The summed E-state index contributed by atoms with van der Waals surface area (Å²) >= 11 is 1.31. The maximum atomic E-state index is 13.1. The Morgan fingerprint density at radius 3 is 2.62 bits per heavy atom. The number of nitrogens with one attached hydrogen (secondary N) is 1. The van der Waals surface area contributed by atoms with Crippen LogP contribution < -0.4 is 20.3 Å². The highest BCUT2D eigenvalue weighted by Gasteiger charge is 2.19. The van der Waals surface area contributed by atoms with Gasteiger partial charge in [-0.25, -0.2) is 9.67 Å². The molecule has 1 N–H and O–H groups in total. The molecule has 0 aliphatic carbocycles. The minimum Gasteiger partial charge on any atom is -0.486 e. The maximum Gasteiger partial charge on any atom is 0.278 e. The fraction of sp³-hybridized carbons (Fsp3) is 0.217. The summed E-state index contributed by atoms with van der Waals surface area (Å²) in [6.45, 7) is 4.75. The molecule has 8 nitrogen and oxygen atoms in total. The second-order valence-electron chi connectivity index (χ2n) is 7.59. The highest BCUT2D eigenvalue weighted by molar-refractivity contribution is 7.14. The van der Waals surface area contributed by atoms with Crippen molar-refractivity contribution in [1.82, 2.24) is 14.8 Å². The highest BCUT2D eigenvalue weighted by Crippen LogP contribution is 2.35. The van der Waals surface area contributed by atoms with Gasteiger partial charge >= 0.3 is 0 Å². The number of nitrogens with zero attached hydrogens (tertiary/aromatic N) is 3. The van der Waals surface area contributed by atoms with E-state index in [1.165, 1.54) is 16.0 Å². The molecule has 0 atom stereocenters. The molecule has 0 bridgehead atoms. The molecule has 9 heteroatoms. The molecule has 0 fully saturated rings. The van der Waals surface area contributed by atoms with Crippen LogP contribution in [0.4, 0.5) is 5.13 Å². The molecule has 162 valence electrons. The van der Waals surface area contributed by atoms with Crippen molar-refractivity contribution in [3.8, 4) is 22.8 Å². The summed E-state index contributed by atoms with van der Waals surface area (Å²) in [6, 6.07) is 12.4. The van der Waals surface area contributed by atoms with E-state index in [9.17, 15) is 9.59 Å². The zero-order valence-electron chi connectivity index (χ0n) is 17.5. The zero-order valence-corrected chi connectivity index (χ0v) is 18.3. The maximum absolute atomic E-state index is 13.1. The second-order valence-corrected chi connectivity index (χ2v) is 8.45. The number of hydrogen-bond acceptors (Lipinski definition) is 7. The van der Waals surface area contributed by atoms with Gasteiger partial charge in [-0.1, -0.05) is 18.2 Å². The van der Waals surface area contributed by atoms with Crippen LogP contribution in [0.2, 0.25) is 0 Å². The van der Waals surface area contributed by atoms with Crippen LogP contribution in [0.15, 0.2) is 52.6 Å². The summed E-state index contributed by atoms with van der Waals surface area (Å²) in [5, 5.41) is 10.4. The van der Waals surface area contributed by atoms with Crippen molar-refractivity contribution < 1.29 is 14.3 Å². The molecule has 0 unspecified atom stereocenters. The number of aromatic nitrogens is 3. The first kappa shape index (κ1) is 20.2. The summed E-state index contributed by atoms with van der Waals surface area (Å²) < 4.78 is 12.5. The minimum atomic E-state index is -0.418. The highest BCUT2D eigenvalue weighted by atomic mass is 32.1. The number of carbonyl (C=O) groups is 1. The van der Waals surface area contributed by atoms with Crippen LogP contribution >= 0.6 is 11.3 Å². The Bertz CT molecular complexity index is 1390. The Morgan fingerprint density at radius 1 is 1.09 bits per heavy atom. The molecule has 5 rings (SSSR count). The van der Waals surface area contributed by atoms with Crippen LogP contribution in [0, 0.1) is 0 Å². The fourth-order valence-corrected chi connectivity index (χ4v) is 4.26. The number of fused-ring (bicyclic) bond motifs is 2. The molecule has 2 aromatic carbocycles. The molecule has 0 saturated carbocycles. The van der Waals surface area contributed by atoms with Gasteiger partial charge in [-0.05, 0) is 38.1 Å². The first-order valence-electron chi connectivity index (χ1n) is 10.2. The number of thiazole rings is 1. The zero-order chi connectivity index (χ0) is 22.2. The van der Waals surface area contributed by atoms with E-state index in [0.717, 1.165) is 5.56 Å². The van der Waals surface area contributed by atoms with Crippen LogP contribution in [0.1, 0.15) is 30.4 Å². The largest absolute Gasteiger partial charge is 0.486 e. The lowest BCUT2D eigenvalue weighted by atomic mass is 10.1. The molecular weight excluding hydrogens is 428 g/mol. The lowest BCUT2D eigenvalue weighted by Gasteiger charge is -2.18. The van der Waals surface area contributed by atoms with Crippen LogP contribution in [-0.2, 0) is 0 Å². The Balaban J connectivity index is 1.46. The molecule has 32 heavy (non-hydrogen) atoms. The Morgan fingerprint density at radius 2 is 1.84 bits per heavy atom. The minimum absolute atomic E-state index is 0.180. The lowest BCUT2D eigenvalue weighted by Crippen LogP contribution is -2.28. The van der Waals surface area contributed by atoms with Crippen molar-refractivity contribution in [3.63, 3.8) is 0 Å². The molecule has 2 aromatic heterocycles. The summed E-state index contributed by atoms with van der Waals surface area (Å²) in [6.07, 6.45) is 0. The fourth-order valence-electron chi connectivity index (χ4n) is 3.55. The summed E-state index contributed by atoms with van der Waals surface area (Å²) in [5.41, 5.74) is 1.54. The average molecular weight is 449 g/mol. The Labute approximate surface area is 187 Å². The number of amides is 1. The smallest absolute Gasteiger partial charge is 0.278 e. The van der Waals surface area contributed by atoms with E-state index in [1.54, 1.807) is 24.3 Å². The number of rotatable bonds is 4. The van der Waals surface area contributed by atoms with E-state index in [4.69, 9.17) is 9.47 Å². The Hall–Kier alpha value is -3.72. The van der Waals surface area contributed by atoms with E-state index in [1.807, 2.05) is 37.4 Å². The first-order valence-corrected chi connectivity index (χ1v) is 11.1. The number of carbonyl (C=O) groups excluding carboxylic acids is 1. The number of hydrogen-bond donors (Lipinski definition) is 1. The third kappa shape index (κ3) is 3.60. The van der Waals surface area contributed by atoms with Crippen molar-refractivity contribution in [2.45, 2.75) is 19.9 Å². The lowest BCUT2D eigenvalue weighted by molar-refractivity contribution is 0.102. The number of benzene rings is 2. The van der Waals surface area contributed by atoms with Gasteiger partial charge in [-0.3, -0.25) is 14.9 Å².